The van der Waals surface area contributed by atoms with Crippen molar-refractivity contribution >= 4 is 50.9 Å². The first-order valence-electron chi connectivity index (χ1n) is 9.41. The number of anilines is 1. The number of ether oxygens (including phenoxy) is 1. The lowest BCUT2D eigenvalue weighted by Crippen LogP contribution is -2.16. The van der Waals surface area contributed by atoms with Gasteiger partial charge in [0.25, 0.3) is 0 Å². The number of hydrogen-bond donors (Lipinski definition) is 1. The zero-order chi connectivity index (χ0) is 21.7. The van der Waals surface area contributed by atoms with Crippen LogP contribution in [-0.4, -0.2) is 26.4 Å². The van der Waals surface area contributed by atoms with E-state index in [0.29, 0.717) is 28.2 Å². The van der Waals surface area contributed by atoms with Crippen molar-refractivity contribution in [3.8, 4) is 5.75 Å². The summed E-state index contributed by atoms with van der Waals surface area (Å²) >= 11 is 10.8. The van der Waals surface area contributed by atoms with Crippen molar-refractivity contribution in [2.24, 2.45) is 0 Å². The van der Waals surface area contributed by atoms with Crippen LogP contribution in [0.2, 0.25) is 5.02 Å². The minimum absolute atomic E-state index is 0.128. The number of hydrogen-bond acceptors (Lipinski definition) is 5. The van der Waals surface area contributed by atoms with Crippen LogP contribution in [0.4, 0.5) is 5.69 Å². The Hall–Kier alpha value is -2.03. The molecule has 1 unspecified atom stereocenters. The predicted octanol–water partition coefficient (Wildman–Crippen LogP) is 5.89. The maximum atomic E-state index is 12.4. The van der Waals surface area contributed by atoms with Crippen LogP contribution in [0.3, 0.4) is 0 Å². The third kappa shape index (κ3) is 5.77. The van der Waals surface area contributed by atoms with Crippen molar-refractivity contribution < 1.29 is 9.53 Å². The Kier molecular flexibility index (Phi) is 7.80. The van der Waals surface area contributed by atoms with Crippen LogP contribution >= 0.6 is 39.3 Å². The number of carbonyl (C=O) groups is 1. The summed E-state index contributed by atoms with van der Waals surface area (Å²) in [6, 6.07) is 13.0. The molecule has 0 aliphatic rings. The molecule has 1 aromatic heterocycles. The van der Waals surface area contributed by atoms with E-state index in [9.17, 15) is 4.79 Å². The standard InChI is InChI=1S/C21H22BrClN4O2S/c1-4-27-20(14(3)29-17-9-6-15(22)7-10-17)25-26-21(27)30-12-19(28)24-18-11-16(23)8-5-13(18)2/h5-11,14H,4,12H2,1-3H3,(H,24,28). The molecule has 0 fully saturated rings. The summed E-state index contributed by atoms with van der Waals surface area (Å²) in [5, 5.41) is 12.7. The van der Waals surface area contributed by atoms with E-state index in [1.165, 1.54) is 11.8 Å². The van der Waals surface area contributed by atoms with Crippen molar-refractivity contribution in [3.63, 3.8) is 0 Å². The second-order valence-corrected chi connectivity index (χ2v) is 8.89. The van der Waals surface area contributed by atoms with Gasteiger partial charge in [0.05, 0.1) is 5.75 Å². The molecular formula is C21H22BrClN4O2S. The van der Waals surface area contributed by atoms with Gasteiger partial charge in [0, 0.05) is 21.7 Å². The highest BCUT2D eigenvalue weighted by Crippen LogP contribution is 2.26. The van der Waals surface area contributed by atoms with Crippen LogP contribution in [0.15, 0.2) is 52.1 Å². The Bertz CT molecular complexity index is 1030. The smallest absolute Gasteiger partial charge is 0.234 e. The second-order valence-electron chi connectivity index (χ2n) is 6.60. The van der Waals surface area contributed by atoms with Gasteiger partial charge in [-0.05, 0) is 62.7 Å². The molecule has 6 nitrogen and oxygen atoms in total. The molecule has 1 amide bonds. The predicted molar refractivity (Wildman–Crippen MR) is 124 cm³/mol. The van der Waals surface area contributed by atoms with Gasteiger partial charge < -0.3 is 14.6 Å². The number of carbonyl (C=O) groups excluding carboxylic acids is 1. The molecule has 158 valence electrons. The SMILES string of the molecule is CCn1c(SCC(=O)Nc2cc(Cl)ccc2C)nnc1C(C)Oc1ccc(Br)cc1. The molecule has 0 bridgehead atoms. The molecule has 1 N–H and O–H groups in total. The number of aromatic nitrogens is 3. The highest BCUT2D eigenvalue weighted by Gasteiger charge is 2.19. The van der Waals surface area contributed by atoms with Gasteiger partial charge in [-0.15, -0.1) is 10.2 Å². The Morgan fingerprint density at radius 1 is 1.27 bits per heavy atom. The molecule has 1 atom stereocenters. The van der Waals surface area contributed by atoms with Crippen LogP contribution in [-0.2, 0) is 11.3 Å². The van der Waals surface area contributed by atoms with Gasteiger partial charge in [0.2, 0.25) is 5.91 Å². The average molecular weight is 510 g/mol. The fourth-order valence-electron chi connectivity index (χ4n) is 2.82. The molecule has 0 saturated heterocycles. The lowest BCUT2D eigenvalue weighted by atomic mass is 10.2. The number of benzene rings is 2. The summed E-state index contributed by atoms with van der Waals surface area (Å²) in [5.41, 5.74) is 1.66. The monoisotopic (exact) mass is 508 g/mol. The summed E-state index contributed by atoms with van der Waals surface area (Å²) in [6.07, 6.45) is -0.282. The summed E-state index contributed by atoms with van der Waals surface area (Å²) in [6.45, 7) is 6.54. The van der Waals surface area contributed by atoms with E-state index < -0.39 is 0 Å². The van der Waals surface area contributed by atoms with E-state index in [4.69, 9.17) is 16.3 Å². The Labute approximate surface area is 193 Å². The van der Waals surface area contributed by atoms with Crippen molar-refractivity contribution in [3.05, 3.63) is 63.3 Å². The van der Waals surface area contributed by atoms with E-state index in [0.717, 1.165) is 15.8 Å². The van der Waals surface area contributed by atoms with Gasteiger partial charge in [-0.1, -0.05) is 45.4 Å². The summed E-state index contributed by atoms with van der Waals surface area (Å²) < 4.78 is 8.95. The Morgan fingerprint density at radius 2 is 2.00 bits per heavy atom. The molecule has 3 rings (SSSR count). The molecular weight excluding hydrogens is 488 g/mol. The highest BCUT2D eigenvalue weighted by molar-refractivity contribution is 9.10. The van der Waals surface area contributed by atoms with Crippen molar-refractivity contribution in [2.45, 2.75) is 38.6 Å². The van der Waals surface area contributed by atoms with Crippen LogP contribution < -0.4 is 10.1 Å². The van der Waals surface area contributed by atoms with Gasteiger partial charge in [-0.3, -0.25) is 4.79 Å². The minimum atomic E-state index is -0.282. The van der Waals surface area contributed by atoms with E-state index in [-0.39, 0.29) is 17.8 Å². The number of aryl methyl sites for hydroxylation is 1. The maximum absolute atomic E-state index is 12.4. The second kappa shape index (κ2) is 10.3. The third-order valence-corrected chi connectivity index (χ3v) is 6.09. The van der Waals surface area contributed by atoms with E-state index in [1.807, 2.05) is 55.7 Å². The highest BCUT2D eigenvalue weighted by atomic mass is 79.9. The number of rotatable bonds is 8. The molecule has 0 spiro atoms. The van der Waals surface area contributed by atoms with E-state index in [1.54, 1.807) is 12.1 Å². The summed E-state index contributed by atoms with van der Waals surface area (Å²) in [4.78, 5) is 12.4. The summed E-state index contributed by atoms with van der Waals surface area (Å²) in [5.74, 6) is 1.55. The number of amides is 1. The normalized spacial score (nSPS) is 11.9. The quantitative estimate of drug-likeness (QED) is 0.383. The topological polar surface area (TPSA) is 69.0 Å². The zero-order valence-corrected chi connectivity index (χ0v) is 20.0. The molecule has 0 aliphatic carbocycles. The van der Waals surface area contributed by atoms with E-state index in [2.05, 4.69) is 31.4 Å². The molecule has 0 radical (unpaired) electrons. The van der Waals surface area contributed by atoms with Crippen LogP contribution in [0, 0.1) is 6.92 Å². The van der Waals surface area contributed by atoms with Crippen LogP contribution in [0.5, 0.6) is 5.75 Å². The minimum Gasteiger partial charge on any atom is -0.483 e. The fourth-order valence-corrected chi connectivity index (χ4v) is 4.07. The van der Waals surface area contributed by atoms with Gasteiger partial charge in [0.1, 0.15) is 5.75 Å². The number of thioether (sulfide) groups is 1. The van der Waals surface area contributed by atoms with Crippen LogP contribution in [0.1, 0.15) is 31.3 Å². The number of nitrogens with one attached hydrogen (secondary N) is 1. The fraction of sp³-hybridized carbons (Fsp3) is 0.286. The van der Waals surface area contributed by atoms with Crippen molar-refractivity contribution in [1.29, 1.82) is 0 Å². The van der Waals surface area contributed by atoms with Crippen molar-refractivity contribution in [1.82, 2.24) is 14.8 Å². The Morgan fingerprint density at radius 3 is 2.70 bits per heavy atom. The lowest BCUT2D eigenvalue weighted by molar-refractivity contribution is -0.113. The number of nitrogens with zero attached hydrogens (tertiary/aromatic N) is 3. The Balaban J connectivity index is 1.64. The first-order valence-corrected chi connectivity index (χ1v) is 11.6. The van der Waals surface area contributed by atoms with Gasteiger partial charge in [-0.2, -0.15) is 0 Å². The first kappa shape index (κ1) is 22.7. The lowest BCUT2D eigenvalue weighted by Gasteiger charge is -2.15. The van der Waals surface area contributed by atoms with Gasteiger partial charge >= 0.3 is 0 Å². The molecule has 30 heavy (non-hydrogen) atoms. The molecule has 3 aromatic rings. The molecule has 1 heterocycles. The first-order chi connectivity index (χ1) is 14.4. The zero-order valence-electron chi connectivity index (χ0n) is 16.9. The van der Waals surface area contributed by atoms with Gasteiger partial charge in [-0.25, -0.2) is 0 Å². The molecule has 9 heteroatoms. The number of halogens is 2. The average Bonchev–Trinajstić information content (AvgIpc) is 3.14. The summed E-state index contributed by atoms with van der Waals surface area (Å²) in [7, 11) is 0. The molecule has 2 aromatic carbocycles. The van der Waals surface area contributed by atoms with E-state index >= 15 is 0 Å². The largest absolute Gasteiger partial charge is 0.483 e. The molecule has 0 aliphatic heterocycles. The molecule has 0 saturated carbocycles. The van der Waals surface area contributed by atoms with Crippen LogP contribution in [0.25, 0.3) is 0 Å². The maximum Gasteiger partial charge on any atom is 0.234 e. The van der Waals surface area contributed by atoms with Gasteiger partial charge in [0.15, 0.2) is 17.1 Å². The van der Waals surface area contributed by atoms with Crippen molar-refractivity contribution in [2.75, 3.05) is 11.1 Å². The third-order valence-electron chi connectivity index (χ3n) is 4.36.